The SMILES string of the molecule is c1ccc(C(c2ccccc2)N2CCN(C3(c4ccccc4)OCCO3)CC2)cc1. The number of ether oxygens (including phenoxy) is 2. The molecule has 2 aliphatic rings. The van der Waals surface area contributed by atoms with Crippen LogP contribution in [0.3, 0.4) is 0 Å². The van der Waals surface area contributed by atoms with Gasteiger partial charge in [-0.1, -0.05) is 91.0 Å². The van der Waals surface area contributed by atoms with E-state index >= 15 is 0 Å². The molecule has 3 aromatic rings. The van der Waals surface area contributed by atoms with Crippen LogP contribution in [-0.4, -0.2) is 49.2 Å². The smallest absolute Gasteiger partial charge is 0.258 e. The molecule has 2 aliphatic heterocycles. The molecule has 4 heteroatoms. The van der Waals surface area contributed by atoms with Crippen molar-refractivity contribution in [1.82, 2.24) is 9.80 Å². The molecule has 2 fully saturated rings. The van der Waals surface area contributed by atoms with Crippen LogP contribution in [0.5, 0.6) is 0 Å². The Kier molecular flexibility index (Phi) is 5.65. The lowest BCUT2D eigenvalue weighted by Crippen LogP contribution is -2.56. The standard InChI is InChI=1S/C26H28N2O2/c1-4-10-22(11-5-1)25(23-12-6-2-7-13-23)27-16-18-28(19-17-27)26(29-20-21-30-26)24-14-8-3-9-15-24/h1-15,25H,16-21H2. The fraction of sp³-hybridized carbons (Fsp3) is 0.308. The van der Waals surface area contributed by atoms with Crippen molar-refractivity contribution in [2.75, 3.05) is 39.4 Å². The van der Waals surface area contributed by atoms with Gasteiger partial charge in [0.1, 0.15) is 0 Å². The summed E-state index contributed by atoms with van der Waals surface area (Å²) in [7, 11) is 0. The summed E-state index contributed by atoms with van der Waals surface area (Å²) < 4.78 is 12.4. The third-order valence-electron chi connectivity index (χ3n) is 6.14. The molecule has 0 aliphatic carbocycles. The summed E-state index contributed by atoms with van der Waals surface area (Å²) in [6.07, 6.45) is 0. The van der Waals surface area contributed by atoms with E-state index in [4.69, 9.17) is 9.47 Å². The maximum absolute atomic E-state index is 6.22. The van der Waals surface area contributed by atoms with Gasteiger partial charge >= 0.3 is 0 Å². The predicted octanol–water partition coefficient (Wildman–Crippen LogP) is 4.25. The predicted molar refractivity (Wildman–Crippen MR) is 118 cm³/mol. The first-order chi connectivity index (χ1) is 14.9. The number of rotatable bonds is 5. The molecular formula is C26H28N2O2. The van der Waals surface area contributed by atoms with Gasteiger partial charge in [-0.3, -0.25) is 4.90 Å². The van der Waals surface area contributed by atoms with Crippen LogP contribution in [0.2, 0.25) is 0 Å². The van der Waals surface area contributed by atoms with E-state index in [9.17, 15) is 0 Å². The zero-order chi connectivity index (χ0) is 20.2. The van der Waals surface area contributed by atoms with Crippen molar-refractivity contribution in [2.45, 2.75) is 12.0 Å². The average molecular weight is 401 g/mol. The van der Waals surface area contributed by atoms with Crippen LogP contribution in [0.4, 0.5) is 0 Å². The van der Waals surface area contributed by atoms with Gasteiger partial charge in [-0.25, -0.2) is 4.90 Å². The highest BCUT2D eigenvalue weighted by Gasteiger charge is 2.46. The molecule has 0 amide bonds. The minimum absolute atomic E-state index is 0.257. The second-order valence-corrected chi connectivity index (χ2v) is 7.89. The summed E-state index contributed by atoms with van der Waals surface area (Å²) in [6, 6.07) is 32.2. The van der Waals surface area contributed by atoms with Gasteiger partial charge in [-0.05, 0) is 11.1 Å². The molecule has 0 aromatic heterocycles. The van der Waals surface area contributed by atoms with E-state index in [0.29, 0.717) is 13.2 Å². The molecule has 5 rings (SSSR count). The Bertz CT molecular complexity index is 880. The van der Waals surface area contributed by atoms with E-state index in [2.05, 4.69) is 94.7 Å². The highest BCUT2D eigenvalue weighted by atomic mass is 16.8. The van der Waals surface area contributed by atoms with Crippen LogP contribution in [0.15, 0.2) is 91.0 Å². The molecule has 3 aromatic carbocycles. The van der Waals surface area contributed by atoms with Crippen molar-refractivity contribution in [1.29, 1.82) is 0 Å². The topological polar surface area (TPSA) is 24.9 Å². The number of benzene rings is 3. The molecule has 0 spiro atoms. The zero-order valence-corrected chi connectivity index (χ0v) is 17.2. The molecule has 154 valence electrons. The number of piperazine rings is 1. The minimum Gasteiger partial charge on any atom is -0.331 e. The molecule has 2 heterocycles. The Hall–Kier alpha value is -2.50. The highest BCUT2D eigenvalue weighted by molar-refractivity contribution is 5.32. The summed E-state index contributed by atoms with van der Waals surface area (Å²) in [6.45, 7) is 4.96. The summed E-state index contributed by atoms with van der Waals surface area (Å²) in [5.41, 5.74) is 3.75. The Morgan fingerprint density at radius 1 is 0.600 bits per heavy atom. The maximum Gasteiger partial charge on any atom is 0.258 e. The van der Waals surface area contributed by atoms with Crippen molar-refractivity contribution in [3.63, 3.8) is 0 Å². The first-order valence-corrected chi connectivity index (χ1v) is 10.8. The van der Waals surface area contributed by atoms with Crippen LogP contribution in [0, 0.1) is 0 Å². The highest BCUT2D eigenvalue weighted by Crippen LogP contribution is 2.37. The van der Waals surface area contributed by atoms with Crippen molar-refractivity contribution in [2.24, 2.45) is 0 Å². The van der Waals surface area contributed by atoms with Crippen LogP contribution >= 0.6 is 0 Å². The quantitative estimate of drug-likeness (QED) is 0.639. The molecule has 0 saturated carbocycles. The molecule has 0 unspecified atom stereocenters. The van der Waals surface area contributed by atoms with E-state index in [1.165, 1.54) is 11.1 Å². The molecule has 0 atom stereocenters. The van der Waals surface area contributed by atoms with Crippen LogP contribution in [0.25, 0.3) is 0 Å². The third kappa shape index (κ3) is 3.68. The van der Waals surface area contributed by atoms with Crippen LogP contribution in [-0.2, 0) is 15.4 Å². The molecule has 0 radical (unpaired) electrons. The second-order valence-electron chi connectivity index (χ2n) is 7.89. The van der Waals surface area contributed by atoms with Gasteiger partial charge in [0.15, 0.2) is 0 Å². The van der Waals surface area contributed by atoms with Gasteiger partial charge in [0, 0.05) is 31.7 Å². The van der Waals surface area contributed by atoms with Crippen molar-refractivity contribution >= 4 is 0 Å². The van der Waals surface area contributed by atoms with E-state index in [1.54, 1.807) is 0 Å². The number of hydrogen-bond donors (Lipinski definition) is 0. The maximum atomic E-state index is 6.22. The molecule has 0 bridgehead atoms. The van der Waals surface area contributed by atoms with Gasteiger partial charge in [-0.15, -0.1) is 0 Å². The summed E-state index contributed by atoms with van der Waals surface area (Å²) in [5, 5.41) is 0. The number of nitrogens with zero attached hydrogens (tertiary/aromatic N) is 2. The lowest BCUT2D eigenvalue weighted by atomic mass is 9.96. The first kappa shape index (κ1) is 19.5. The van der Waals surface area contributed by atoms with Crippen molar-refractivity contribution in [3.8, 4) is 0 Å². The van der Waals surface area contributed by atoms with Crippen LogP contribution in [0.1, 0.15) is 22.7 Å². The van der Waals surface area contributed by atoms with E-state index in [0.717, 1.165) is 31.7 Å². The lowest BCUT2D eigenvalue weighted by Gasteiger charge is -2.46. The first-order valence-electron chi connectivity index (χ1n) is 10.8. The fourth-order valence-corrected chi connectivity index (χ4v) is 4.74. The van der Waals surface area contributed by atoms with Crippen LogP contribution < -0.4 is 0 Å². The van der Waals surface area contributed by atoms with Gasteiger partial charge < -0.3 is 9.47 Å². The van der Waals surface area contributed by atoms with E-state index < -0.39 is 5.91 Å². The number of hydrogen-bond acceptors (Lipinski definition) is 4. The van der Waals surface area contributed by atoms with Gasteiger partial charge in [-0.2, -0.15) is 0 Å². The summed E-state index contributed by atoms with van der Waals surface area (Å²) in [4.78, 5) is 4.94. The molecule has 30 heavy (non-hydrogen) atoms. The summed E-state index contributed by atoms with van der Waals surface area (Å²) >= 11 is 0. The monoisotopic (exact) mass is 400 g/mol. The fourth-order valence-electron chi connectivity index (χ4n) is 4.74. The molecule has 0 N–H and O–H groups in total. The largest absolute Gasteiger partial charge is 0.331 e. The summed E-state index contributed by atoms with van der Waals surface area (Å²) in [5.74, 6) is -0.748. The second kappa shape index (κ2) is 8.70. The Morgan fingerprint density at radius 2 is 1.07 bits per heavy atom. The normalized spacial score (nSPS) is 19.9. The van der Waals surface area contributed by atoms with Gasteiger partial charge in [0.05, 0.1) is 19.3 Å². The molecule has 4 nitrogen and oxygen atoms in total. The Labute approximate surface area is 178 Å². The lowest BCUT2D eigenvalue weighted by molar-refractivity contribution is -0.276. The van der Waals surface area contributed by atoms with E-state index in [-0.39, 0.29) is 6.04 Å². The Morgan fingerprint density at radius 3 is 1.57 bits per heavy atom. The molecule has 2 saturated heterocycles. The van der Waals surface area contributed by atoms with Gasteiger partial charge in [0.2, 0.25) is 0 Å². The average Bonchev–Trinajstić information content (AvgIpc) is 3.33. The zero-order valence-electron chi connectivity index (χ0n) is 17.2. The van der Waals surface area contributed by atoms with E-state index in [1.807, 2.05) is 6.07 Å². The minimum atomic E-state index is -0.748. The Balaban J connectivity index is 1.39. The molecular weight excluding hydrogens is 372 g/mol. The third-order valence-corrected chi connectivity index (χ3v) is 6.14. The van der Waals surface area contributed by atoms with Crippen molar-refractivity contribution < 1.29 is 9.47 Å². The van der Waals surface area contributed by atoms with Gasteiger partial charge in [0.25, 0.3) is 5.91 Å². The van der Waals surface area contributed by atoms with Crippen molar-refractivity contribution in [3.05, 3.63) is 108 Å².